The van der Waals surface area contributed by atoms with Crippen LogP contribution in [0.2, 0.25) is 0 Å². The van der Waals surface area contributed by atoms with Crippen molar-refractivity contribution in [1.82, 2.24) is 0 Å². The van der Waals surface area contributed by atoms with Crippen LogP contribution in [0, 0.1) is 103 Å². The zero-order valence-corrected chi connectivity index (χ0v) is 72.9. The maximum absolute atomic E-state index is 8.88. The predicted molar refractivity (Wildman–Crippen MR) is 486 cm³/mol. The van der Waals surface area contributed by atoms with Crippen LogP contribution in [0.1, 0.15) is 213 Å². The van der Waals surface area contributed by atoms with Crippen LogP contribution in [0.5, 0.6) is 0 Å². The van der Waals surface area contributed by atoms with Gasteiger partial charge < -0.3 is 0 Å². The molecule has 0 unspecified atom stereocenters. The molecule has 0 spiro atoms. The molecule has 0 atom stereocenters. The highest BCUT2D eigenvalue weighted by Gasteiger charge is 2.28. The second kappa shape index (κ2) is 37.5. The van der Waals surface area contributed by atoms with Crippen LogP contribution >= 0.6 is 0 Å². The highest BCUT2D eigenvalue weighted by molar-refractivity contribution is 5.80. The van der Waals surface area contributed by atoms with Crippen molar-refractivity contribution in [2.24, 2.45) is 62.2 Å². The van der Waals surface area contributed by atoms with Gasteiger partial charge in [-0.1, -0.05) is 249 Å². The molecule has 590 valence electrons. The molecule has 4 heteroatoms. The van der Waals surface area contributed by atoms with Crippen LogP contribution in [0.4, 0.5) is 0 Å². The molecule has 4 nitrogen and oxygen atoms in total. The number of hydrogen-bond acceptors (Lipinski definition) is 0. The summed E-state index contributed by atoms with van der Waals surface area (Å²) < 4.78 is 134. The van der Waals surface area contributed by atoms with Gasteiger partial charge in [-0.3, -0.25) is 0 Å². The fourth-order valence-corrected chi connectivity index (χ4v) is 15.2. The quantitative estimate of drug-likeness (QED) is 0.0808. The monoisotopic (exact) mass is 1520 g/mol. The van der Waals surface area contributed by atoms with Crippen LogP contribution in [0.15, 0.2) is 219 Å². The SMILES string of the molecule is Cc1cc(-c2cc(-c3ccccc3)c(C)cc2C)[n+](C)cc1CC(C)C.Cc1cc(C)c(-c2cc(CC(C)(C)C)c(CC(C)(C)C)c[n+]2C)cc1-c1ccccc1.[2H]C([2H])([2H])c1cc(C)c(-c2cc(C([2H])([2H])C(C)(C)C)c(C([2H])([2H])[2H])c[n+]2C)cc1-c1ccccc1.[2H]C([2H])([2H])c1cc(C)c(-c2cc(C([2H])([2H])C(C)C)c(C([2H])([2H])C(C)C)c[n+]2C)cc1-c1ccccc1. The Morgan fingerprint density at radius 3 is 0.912 bits per heavy atom. The Bertz CT molecular complexity index is 5920. The topological polar surface area (TPSA) is 15.5 Å². The van der Waals surface area contributed by atoms with Gasteiger partial charge in [0.2, 0.25) is 22.8 Å². The van der Waals surface area contributed by atoms with Gasteiger partial charge in [0.15, 0.2) is 24.8 Å². The Labute approximate surface area is 706 Å². The van der Waals surface area contributed by atoms with Crippen LogP contribution in [-0.2, 0) is 66.6 Å². The molecule has 0 aliphatic carbocycles. The van der Waals surface area contributed by atoms with E-state index < -0.39 is 45.1 Å². The fourth-order valence-electron chi connectivity index (χ4n) is 15.2. The minimum absolute atomic E-state index is 0.0382. The van der Waals surface area contributed by atoms with Crippen molar-refractivity contribution >= 4 is 0 Å². The smallest absolute Gasteiger partial charge is 0.201 e. The van der Waals surface area contributed by atoms with Crippen molar-refractivity contribution in [3.8, 4) is 89.5 Å². The fraction of sp³-hybridized carbons (Fsp3) is 0.376. The third kappa shape index (κ3) is 23.5. The second-order valence-electron chi connectivity index (χ2n) is 35.9. The first-order chi connectivity index (χ1) is 59.0. The van der Waals surface area contributed by atoms with E-state index >= 15 is 0 Å². The third-order valence-electron chi connectivity index (χ3n) is 20.4. The lowest BCUT2D eigenvalue weighted by molar-refractivity contribution is -0.661. The zero-order chi connectivity index (χ0) is 95.6. The maximum atomic E-state index is 8.88. The van der Waals surface area contributed by atoms with Gasteiger partial charge in [-0.25, -0.2) is 18.3 Å². The normalized spacial score (nSPS) is 14.4. The van der Waals surface area contributed by atoms with E-state index in [0.717, 1.165) is 41.5 Å². The summed E-state index contributed by atoms with van der Waals surface area (Å²) in [6, 6.07) is 64.7. The molecule has 12 aromatic rings. The summed E-state index contributed by atoms with van der Waals surface area (Å²) in [4.78, 5) is 0. The van der Waals surface area contributed by atoms with Crippen LogP contribution in [-0.4, -0.2) is 0 Å². The Morgan fingerprint density at radius 1 is 0.274 bits per heavy atom. The van der Waals surface area contributed by atoms with Crippen molar-refractivity contribution in [1.29, 1.82) is 0 Å². The molecule has 0 fully saturated rings. The van der Waals surface area contributed by atoms with Gasteiger partial charge in [0.1, 0.15) is 28.2 Å². The number of aromatic nitrogens is 4. The number of nitrogens with zero attached hydrogens (tertiary/aromatic N) is 4. The van der Waals surface area contributed by atoms with Gasteiger partial charge >= 0.3 is 0 Å². The molecule has 0 radical (unpaired) electrons. The number of aryl methyl sites for hydroxylation is 14. The molecule has 0 N–H and O–H groups in total. The summed E-state index contributed by atoms with van der Waals surface area (Å²) in [5.74, 6) is -0.0564. The minimum Gasteiger partial charge on any atom is -0.201 e. The average molecular weight is 1520 g/mol. The van der Waals surface area contributed by atoms with Gasteiger partial charge in [-0.2, -0.15) is 0 Å². The summed E-state index contributed by atoms with van der Waals surface area (Å²) in [6.45, 7) is 38.7. The minimum atomic E-state index is -2.50. The highest BCUT2D eigenvalue weighted by atomic mass is 14.9. The number of pyridine rings is 4. The van der Waals surface area contributed by atoms with Gasteiger partial charge in [0, 0.05) is 89.3 Å². The molecule has 113 heavy (non-hydrogen) atoms. The Balaban J connectivity index is 0.000000194. The molecule has 0 aliphatic rings. The van der Waals surface area contributed by atoms with Crippen LogP contribution in [0.25, 0.3) is 89.5 Å². The summed E-state index contributed by atoms with van der Waals surface area (Å²) >= 11 is 0. The van der Waals surface area contributed by atoms with Crippen molar-refractivity contribution in [2.75, 3.05) is 0 Å². The van der Waals surface area contributed by atoms with Crippen molar-refractivity contribution in [3.05, 3.63) is 308 Å². The number of benzene rings is 8. The molecule has 0 aliphatic heterocycles. The molecule has 4 heterocycles. The first-order valence-electron chi connectivity index (χ1n) is 47.9. The van der Waals surface area contributed by atoms with Gasteiger partial charge in [0.05, 0.1) is 0 Å². The lowest BCUT2D eigenvalue weighted by atomic mass is 9.81. The van der Waals surface area contributed by atoms with E-state index in [1.54, 1.807) is 90.5 Å². The van der Waals surface area contributed by atoms with Crippen LogP contribution < -0.4 is 18.3 Å². The molecule has 0 saturated heterocycles. The van der Waals surface area contributed by atoms with E-state index in [1.807, 2.05) is 98.3 Å². The summed E-state index contributed by atoms with van der Waals surface area (Å²) in [6.07, 6.45) is 5.73. The first kappa shape index (κ1) is 67.8. The van der Waals surface area contributed by atoms with E-state index in [0.29, 0.717) is 50.7 Å². The Kier molecular flexibility index (Phi) is 22.5. The molecule has 0 saturated carbocycles. The molecule has 0 bridgehead atoms. The highest BCUT2D eigenvalue weighted by Crippen LogP contribution is 2.39. The maximum Gasteiger partial charge on any atom is 0.212 e. The lowest BCUT2D eigenvalue weighted by Crippen LogP contribution is -2.33. The molecular weight excluding hydrogens is 1370 g/mol. The molecule has 8 aromatic carbocycles. The molecule has 12 rings (SSSR count). The van der Waals surface area contributed by atoms with E-state index in [9.17, 15) is 0 Å². The third-order valence-corrected chi connectivity index (χ3v) is 20.4. The summed E-state index contributed by atoms with van der Waals surface area (Å²) in [7, 11) is 7.91. The van der Waals surface area contributed by atoms with E-state index in [2.05, 4.69) is 223 Å². The predicted octanol–water partition coefficient (Wildman–Crippen LogP) is 26.8. The zero-order valence-electron chi connectivity index (χ0n) is 87.9. The Morgan fingerprint density at radius 2 is 0.566 bits per heavy atom. The number of rotatable bonds is 17. The largest absolute Gasteiger partial charge is 0.212 e. The van der Waals surface area contributed by atoms with Crippen LogP contribution in [0.3, 0.4) is 0 Å². The molecule has 0 amide bonds. The van der Waals surface area contributed by atoms with Crippen molar-refractivity contribution < 1.29 is 38.8 Å². The lowest BCUT2D eigenvalue weighted by Gasteiger charge is -2.24. The average Bonchev–Trinajstić information content (AvgIpc) is 0.744. The van der Waals surface area contributed by atoms with Crippen molar-refractivity contribution in [3.63, 3.8) is 0 Å². The molecular formula is C109H138N4+4. The van der Waals surface area contributed by atoms with E-state index in [-0.39, 0.29) is 44.9 Å². The molecule has 4 aromatic heterocycles. The van der Waals surface area contributed by atoms with Crippen molar-refractivity contribution in [2.45, 2.75) is 211 Å². The van der Waals surface area contributed by atoms with Gasteiger partial charge in [0.25, 0.3) is 0 Å². The van der Waals surface area contributed by atoms with E-state index in [4.69, 9.17) is 20.6 Å². The first-order valence-corrected chi connectivity index (χ1v) is 40.4. The summed E-state index contributed by atoms with van der Waals surface area (Å²) in [5.41, 5.74) is 29.4. The standard InChI is InChI=1S/C30H40N.C28H36N.C26H32N.C25H30N/c1-21-15-22(2)27(17-26(21)23-13-11-10-12-14-23)28-16-24(18-29(3,4)5)25(20-31(28)9)19-30(6,7)8;1-19(2)13-24-16-28(29(7)18-25(24)14-20(3)4)27-17-26(21(5)15-22(27)6)23-11-9-8-10-12-23;1-18-13-19(2)24(15-23(18)21-11-9-8-10-12-21)25-14-22(16-26(4,5)6)20(3)17-27(25)7;1-17(2)12-22-16-26(6)25(14-18(22)3)24-15-23(19(4)13-20(24)5)21-10-8-7-9-11-21/h10-17,20H,18-19H2,1-9H3;8-12,15-20H,13-14H2,1-7H3;8-15,17H,16H2,1-7H3;7-11,13-17H,12H2,1-6H3/q4*+1/i;5D3,13D2,14D2;1D3,3D3,16D2;. The second-order valence-corrected chi connectivity index (χ2v) is 35.9. The van der Waals surface area contributed by atoms with Gasteiger partial charge in [-0.05, 0) is 277 Å². The van der Waals surface area contributed by atoms with E-state index in [1.165, 1.54) is 95.5 Å². The Hall–Kier alpha value is -9.64. The summed E-state index contributed by atoms with van der Waals surface area (Å²) in [5, 5.41) is 0. The van der Waals surface area contributed by atoms with Gasteiger partial charge in [-0.15, -0.1) is 0 Å². The number of hydrogen-bond donors (Lipinski definition) is 0.